The fourth-order valence-electron chi connectivity index (χ4n) is 5.12. The highest BCUT2D eigenvalue weighted by Crippen LogP contribution is 2.32. The summed E-state index contributed by atoms with van der Waals surface area (Å²) in [5.41, 5.74) is 1.02. The number of Topliss-reactive ketones (excluding diaryl/α,β-unsaturated/α-hetero) is 1. The van der Waals surface area contributed by atoms with E-state index in [1.54, 1.807) is 14.0 Å². The normalized spacial score (nSPS) is 20.3. The number of carbonyl (C=O) groups excluding carboxylic acids is 3. The molecule has 2 heterocycles. The van der Waals surface area contributed by atoms with E-state index >= 15 is 0 Å². The molecule has 0 saturated carbocycles. The second-order valence-corrected chi connectivity index (χ2v) is 10.6. The SMILES string of the molecule is COc1ccc(C[C@H]2CCOC[C@H](CC(=O)c3nccc(OC)c3OCOC(C)=O)C(=O)O[C@@H](C)[C@@H]2Oc2ccccc2)cc1. The molecule has 4 atom stereocenters. The molecule has 1 fully saturated rings. The maximum absolute atomic E-state index is 13.5. The Labute approximate surface area is 262 Å². The predicted molar refractivity (Wildman–Crippen MR) is 163 cm³/mol. The van der Waals surface area contributed by atoms with E-state index in [1.807, 2.05) is 54.6 Å². The Bertz CT molecular complexity index is 1410. The van der Waals surface area contributed by atoms with Gasteiger partial charge in [-0.3, -0.25) is 14.4 Å². The van der Waals surface area contributed by atoms with Crippen LogP contribution in [0.2, 0.25) is 0 Å². The maximum Gasteiger partial charge on any atom is 0.312 e. The molecule has 0 spiro atoms. The number of aromatic nitrogens is 1. The van der Waals surface area contributed by atoms with Crippen molar-refractivity contribution in [2.45, 2.75) is 45.3 Å². The maximum atomic E-state index is 13.5. The third-order valence-corrected chi connectivity index (χ3v) is 7.44. The number of rotatable bonds is 12. The summed E-state index contributed by atoms with van der Waals surface area (Å²) in [5.74, 6) is -0.955. The summed E-state index contributed by atoms with van der Waals surface area (Å²) in [7, 11) is 3.03. The van der Waals surface area contributed by atoms with Gasteiger partial charge in [0.15, 0.2) is 23.0 Å². The van der Waals surface area contributed by atoms with Crippen molar-refractivity contribution in [2.75, 3.05) is 34.2 Å². The molecule has 1 aromatic heterocycles. The van der Waals surface area contributed by atoms with E-state index in [0.29, 0.717) is 25.2 Å². The number of benzene rings is 2. The minimum Gasteiger partial charge on any atom is -0.497 e. The van der Waals surface area contributed by atoms with Crippen LogP contribution in [-0.4, -0.2) is 69.1 Å². The van der Waals surface area contributed by atoms with Crippen LogP contribution in [0.5, 0.6) is 23.0 Å². The van der Waals surface area contributed by atoms with Crippen molar-refractivity contribution in [1.29, 1.82) is 0 Å². The third-order valence-electron chi connectivity index (χ3n) is 7.44. The molecule has 11 heteroatoms. The van der Waals surface area contributed by atoms with Gasteiger partial charge in [-0.2, -0.15) is 0 Å². The number of cyclic esters (lactones) is 1. The van der Waals surface area contributed by atoms with Gasteiger partial charge in [0.05, 0.1) is 26.7 Å². The molecule has 1 saturated heterocycles. The number of esters is 2. The smallest absolute Gasteiger partial charge is 0.312 e. The monoisotopic (exact) mass is 621 g/mol. The van der Waals surface area contributed by atoms with Gasteiger partial charge in [-0.25, -0.2) is 4.98 Å². The number of ether oxygens (including phenoxy) is 7. The first-order chi connectivity index (χ1) is 21.8. The van der Waals surface area contributed by atoms with Crippen LogP contribution in [0.15, 0.2) is 66.9 Å². The predicted octanol–water partition coefficient (Wildman–Crippen LogP) is 4.85. The van der Waals surface area contributed by atoms with Gasteiger partial charge < -0.3 is 33.2 Å². The number of hydrogen-bond acceptors (Lipinski definition) is 11. The Morgan fingerprint density at radius 1 is 0.978 bits per heavy atom. The van der Waals surface area contributed by atoms with Crippen molar-refractivity contribution in [3.8, 4) is 23.0 Å². The van der Waals surface area contributed by atoms with Gasteiger partial charge in [-0.15, -0.1) is 0 Å². The standard InChI is InChI=1S/C34H39NO10/c1-22-32(45-28-8-6-5-7-9-28)25(18-24-10-12-27(39-3)13-11-24)15-17-41-20-26(34(38)44-22)19-29(37)31-33(43-21-42-23(2)36)30(40-4)14-16-35-31/h5-14,16,22,25-26,32H,15,17-21H2,1-4H3/t22-,25+,26-,32-/m0/s1. The molecule has 45 heavy (non-hydrogen) atoms. The Hall–Kier alpha value is -4.64. The fraction of sp³-hybridized carbons (Fsp3) is 0.412. The van der Waals surface area contributed by atoms with Crippen molar-refractivity contribution < 1.29 is 47.5 Å². The third kappa shape index (κ3) is 9.42. The van der Waals surface area contributed by atoms with Gasteiger partial charge in [0, 0.05) is 38.1 Å². The van der Waals surface area contributed by atoms with Gasteiger partial charge in [-0.05, 0) is 49.6 Å². The van der Waals surface area contributed by atoms with Crippen LogP contribution in [0.4, 0.5) is 0 Å². The van der Waals surface area contributed by atoms with E-state index in [9.17, 15) is 14.4 Å². The number of hydrogen-bond donors (Lipinski definition) is 0. The largest absolute Gasteiger partial charge is 0.497 e. The number of ketones is 1. The summed E-state index contributed by atoms with van der Waals surface area (Å²) in [6.07, 6.45) is 1.27. The zero-order valence-corrected chi connectivity index (χ0v) is 25.9. The van der Waals surface area contributed by atoms with Crippen LogP contribution in [0, 0.1) is 11.8 Å². The van der Waals surface area contributed by atoms with Crippen molar-refractivity contribution in [3.63, 3.8) is 0 Å². The van der Waals surface area contributed by atoms with Crippen LogP contribution in [0.1, 0.15) is 42.7 Å². The van der Waals surface area contributed by atoms with Crippen molar-refractivity contribution in [1.82, 2.24) is 4.98 Å². The van der Waals surface area contributed by atoms with Crippen molar-refractivity contribution >= 4 is 17.7 Å². The van der Waals surface area contributed by atoms with Gasteiger partial charge in [0.25, 0.3) is 0 Å². The van der Waals surface area contributed by atoms with Gasteiger partial charge in [0.2, 0.25) is 6.79 Å². The summed E-state index contributed by atoms with van der Waals surface area (Å²) < 4.78 is 39.4. The average Bonchev–Trinajstić information content (AvgIpc) is 3.04. The molecule has 1 aliphatic heterocycles. The first-order valence-corrected chi connectivity index (χ1v) is 14.7. The lowest BCUT2D eigenvalue weighted by atomic mass is 9.88. The molecule has 0 N–H and O–H groups in total. The van der Waals surface area contributed by atoms with Crippen LogP contribution < -0.4 is 18.9 Å². The van der Waals surface area contributed by atoms with E-state index in [0.717, 1.165) is 11.3 Å². The van der Waals surface area contributed by atoms with E-state index in [1.165, 1.54) is 26.3 Å². The van der Waals surface area contributed by atoms with Gasteiger partial charge in [0.1, 0.15) is 23.7 Å². The lowest BCUT2D eigenvalue weighted by Gasteiger charge is -2.34. The first kappa shape index (κ1) is 33.3. The molecule has 0 bridgehead atoms. The number of carbonyl (C=O) groups is 3. The van der Waals surface area contributed by atoms with Crippen LogP contribution in [-0.2, 0) is 30.2 Å². The molecule has 0 amide bonds. The van der Waals surface area contributed by atoms with Crippen LogP contribution >= 0.6 is 0 Å². The Kier molecular flexibility index (Phi) is 12.1. The quantitative estimate of drug-likeness (QED) is 0.156. The number of pyridine rings is 1. The second-order valence-electron chi connectivity index (χ2n) is 10.6. The number of para-hydroxylation sites is 1. The summed E-state index contributed by atoms with van der Waals surface area (Å²) in [6, 6.07) is 18.7. The molecule has 2 aromatic carbocycles. The molecule has 1 aliphatic rings. The Morgan fingerprint density at radius 3 is 2.42 bits per heavy atom. The highest BCUT2D eigenvalue weighted by Gasteiger charge is 2.36. The average molecular weight is 622 g/mol. The Morgan fingerprint density at radius 2 is 1.73 bits per heavy atom. The Balaban J connectivity index is 1.53. The summed E-state index contributed by atoms with van der Waals surface area (Å²) >= 11 is 0. The summed E-state index contributed by atoms with van der Waals surface area (Å²) in [6.45, 7) is 2.92. The highest BCUT2D eigenvalue weighted by molar-refractivity contribution is 5.99. The number of methoxy groups -OCH3 is 2. The van der Waals surface area contributed by atoms with Crippen molar-refractivity contribution in [3.05, 3.63) is 78.1 Å². The molecular weight excluding hydrogens is 582 g/mol. The van der Waals surface area contributed by atoms with Gasteiger partial charge >= 0.3 is 11.9 Å². The zero-order chi connectivity index (χ0) is 32.2. The lowest BCUT2D eigenvalue weighted by molar-refractivity contribution is -0.163. The van der Waals surface area contributed by atoms with Gasteiger partial charge in [-0.1, -0.05) is 30.3 Å². The first-order valence-electron chi connectivity index (χ1n) is 14.7. The van der Waals surface area contributed by atoms with Crippen LogP contribution in [0.3, 0.4) is 0 Å². The summed E-state index contributed by atoms with van der Waals surface area (Å²) in [5, 5.41) is 0. The molecular formula is C34H39NO10. The van der Waals surface area contributed by atoms with E-state index in [-0.39, 0.29) is 36.1 Å². The highest BCUT2D eigenvalue weighted by atomic mass is 16.7. The van der Waals surface area contributed by atoms with Crippen LogP contribution in [0.25, 0.3) is 0 Å². The molecule has 11 nitrogen and oxygen atoms in total. The van der Waals surface area contributed by atoms with Crippen molar-refractivity contribution in [2.24, 2.45) is 11.8 Å². The fourth-order valence-corrected chi connectivity index (χ4v) is 5.12. The second kappa shape index (κ2) is 16.4. The molecule has 4 rings (SSSR count). The molecule has 0 radical (unpaired) electrons. The number of nitrogens with zero attached hydrogens (tertiary/aromatic N) is 1. The lowest BCUT2D eigenvalue weighted by Crippen LogP contribution is -2.43. The minimum atomic E-state index is -0.912. The summed E-state index contributed by atoms with van der Waals surface area (Å²) in [4.78, 5) is 42.4. The van der Waals surface area contributed by atoms with E-state index in [2.05, 4.69) is 4.98 Å². The van der Waals surface area contributed by atoms with E-state index < -0.39 is 42.6 Å². The molecule has 0 unspecified atom stereocenters. The van der Waals surface area contributed by atoms with E-state index in [4.69, 9.17) is 33.2 Å². The zero-order valence-electron chi connectivity index (χ0n) is 25.9. The topological polar surface area (TPSA) is 129 Å². The molecule has 3 aromatic rings. The minimum absolute atomic E-state index is 0.00599. The molecule has 240 valence electrons. The molecule has 0 aliphatic carbocycles.